The summed E-state index contributed by atoms with van der Waals surface area (Å²) in [4.78, 5) is 11.1. The highest BCUT2D eigenvalue weighted by molar-refractivity contribution is 9.10. The molecular formula is C15H18BrN3. The smallest absolute Gasteiger partial charge is 0.137 e. The molecule has 0 spiro atoms. The monoisotopic (exact) mass is 319 g/mol. The average Bonchev–Trinajstić information content (AvgIpc) is 2.41. The van der Waals surface area contributed by atoms with Crippen LogP contribution in [0.1, 0.15) is 25.2 Å². The number of halogens is 1. The van der Waals surface area contributed by atoms with Crippen molar-refractivity contribution in [2.24, 2.45) is 0 Å². The zero-order chi connectivity index (χ0) is 13.8. The van der Waals surface area contributed by atoms with Gasteiger partial charge in [-0.25, -0.2) is 9.97 Å². The first-order chi connectivity index (χ1) is 9.13. The number of anilines is 2. The molecule has 1 heterocycles. The van der Waals surface area contributed by atoms with E-state index in [2.05, 4.69) is 75.8 Å². The summed E-state index contributed by atoms with van der Waals surface area (Å²) in [5, 5.41) is 0. The van der Waals surface area contributed by atoms with Gasteiger partial charge in [-0.1, -0.05) is 24.6 Å². The molecule has 4 heteroatoms. The van der Waals surface area contributed by atoms with Gasteiger partial charge in [0.1, 0.15) is 16.2 Å². The van der Waals surface area contributed by atoms with Gasteiger partial charge in [0.05, 0.1) is 0 Å². The molecule has 0 saturated carbocycles. The van der Waals surface area contributed by atoms with Gasteiger partial charge in [-0.15, -0.1) is 0 Å². The highest BCUT2D eigenvalue weighted by atomic mass is 79.9. The molecule has 3 nitrogen and oxygen atoms in total. The molecule has 19 heavy (non-hydrogen) atoms. The molecular weight excluding hydrogens is 302 g/mol. The van der Waals surface area contributed by atoms with E-state index in [4.69, 9.17) is 0 Å². The minimum atomic E-state index is 0.831. The zero-order valence-electron chi connectivity index (χ0n) is 11.5. The van der Waals surface area contributed by atoms with Gasteiger partial charge >= 0.3 is 0 Å². The Kier molecular flexibility index (Phi) is 4.53. The van der Waals surface area contributed by atoms with Crippen LogP contribution in [0.5, 0.6) is 0 Å². The van der Waals surface area contributed by atoms with Crippen molar-refractivity contribution in [3.63, 3.8) is 0 Å². The first-order valence-electron chi connectivity index (χ1n) is 6.51. The SMILES string of the molecule is CCc1nc(Br)cc(N(CC)c2ccc(C)cc2)n1. The second kappa shape index (κ2) is 6.15. The van der Waals surface area contributed by atoms with Gasteiger partial charge < -0.3 is 4.90 Å². The molecule has 0 N–H and O–H groups in total. The van der Waals surface area contributed by atoms with Gasteiger partial charge in [-0.2, -0.15) is 0 Å². The second-order valence-electron chi connectivity index (χ2n) is 4.40. The van der Waals surface area contributed by atoms with Crippen molar-refractivity contribution in [3.8, 4) is 0 Å². The Morgan fingerprint density at radius 3 is 2.37 bits per heavy atom. The lowest BCUT2D eigenvalue weighted by Crippen LogP contribution is -2.18. The van der Waals surface area contributed by atoms with E-state index < -0.39 is 0 Å². The molecule has 0 fully saturated rings. The predicted octanol–water partition coefficient (Wildman–Crippen LogP) is 4.27. The van der Waals surface area contributed by atoms with Crippen molar-refractivity contribution >= 4 is 27.4 Å². The van der Waals surface area contributed by atoms with Crippen LogP contribution < -0.4 is 4.90 Å². The summed E-state index contributed by atoms with van der Waals surface area (Å²) in [7, 11) is 0. The van der Waals surface area contributed by atoms with Crippen LogP contribution in [0.3, 0.4) is 0 Å². The topological polar surface area (TPSA) is 29.0 Å². The first kappa shape index (κ1) is 14.0. The van der Waals surface area contributed by atoms with Crippen molar-refractivity contribution in [1.29, 1.82) is 0 Å². The number of nitrogens with zero attached hydrogens (tertiary/aromatic N) is 3. The van der Waals surface area contributed by atoms with Crippen LogP contribution in [0.15, 0.2) is 34.9 Å². The molecule has 0 radical (unpaired) electrons. The number of benzene rings is 1. The van der Waals surface area contributed by atoms with E-state index >= 15 is 0 Å². The highest BCUT2D eigenvalue weighted by Gasteiger charge is 2.11. The number of rotatable bonds is 4. The van der Waals surface area contributed by atoms with Gasteiger partial charge in [0, 0.05) is 24.7 Å². The lowest BCUT2D eigenvalue weighted by molar-refractivity contribution is 0.894. The third-order valence-electron chi connectivity index (χ3n) is 2.98. The second-order valence-corrected chi connectivity index (χ2v) is 5.21. The Balaban J connectivity index is 2.41. The molecule has 1 aromatic carbocycles. The van der Waals surface area contributed by atoms with Crippen molar-refractivity contribution < 1.29 is 0 Å². The van der Waals surface area contributed by atoms with Crippen molar-refractivity contribution in [2.45, 2.75) is 27.2 Å². The van der Waals surface area contributed by atoms with E-state index in [-0.39, 0.29) is 0 Å². The minimum Gasteiger partial charge on any atom is -0.327 e. The summed E-state index contributed by atoms with van der Waals surface area (Å²) in [6.07, 6.45) is 0.831. The lowest BCUT2D eigenvalue weighted by atomic mass is 10.2. The molecule has 0 saturated heterocycles. The summed E-state index contributed by atoms with van der Waals surface area (Å²) in [6.45, 7) is 7.15. The van der Waals surface area contributed by atoms with Crippen LogP contribution in [0.4, 0.5) is 11.5 Å². The van der Waals surface area contributed by atoms with Crippen molar-refractivity contribution in [1.82, 2.24) is 9.97 Å². The number of aromatic nitrogens is 2. The van der Waals surface area contributed by atoms with Crippen LogP contribution in [0.25, 0.3) is 0 Å². The third kappa shape index (κ3) is 3.32. The maximum absolute atomic E-state index is 4.61. The minimum absolute atomic E-state index is 0.831. The lowest BCUT2D eigenvalue weighted by Gasteiger charge is -2.22. The summed E-state index contributed by atoms with van der Waals surface area (Å²) in [5.74, 6) is 1.79. The number of hydrogen-bond acceptors (Lipinski definition) is 3. The van der Waals surface area contributed by atoms with E-state index in [1.165, 1.54) is 5.56 Å². The molecule has 0 unspecified atom stereocenters. The molecule has 0 bridgehead atoms. The summed E-state index contributed by atoms with van der Waals surface area (Å²) in [6, 6.07) is 10.5. The molecule has 0 aliphatic rings. The summed E-state index contributed by atoms with van der Waals surface area (Å²) >= 11 is 3.46. The summed E-state index contributed by atoms with van der Waals surface area (Å²) < 4.78 is 0.833. The fourth-order valence-corrected chi connectivity index (χ4v) is 2.36. The van der Waals surface area contributed by atoms with Crippen molar-refractivity contribution in [2.75, 3.05) is 11.4 Å². The van der Waals surface area contributed by atoms with Gasteiger partial charge in [-0.05, 0) is 41.9 Å². The quantitative estimate of drug-likeness (QED) is 0.788. The molecule has 2 aromatic rings. The normalized spacial score (nSPS) is 10.5. The highest BCUT2D eigenvalue weighted by Crippen LogP contribution is 2.25. The number of hydrogen-bond donors (Lipinski definition) is 0. The van der Waals surface area contributed by atoms with Crippen LogP contribution >= 0.6 is 15.9 Å². The van der Waals surface area contributed by atoms with E-state index in [1.54, 1.807) is 0 Å². The fraction of sp³-hybridized carbons (Fsp3) is 0.333. The Morgan fingerprint density at radius 1 is 1.11 bits per heavy atom. The van der Waals surface area contributed by atoms with Crippen LogP contribution in [0, 0.1) is 6.92 Å². The van der Waals surface area contributed by atoms with Gasteiger partial charge in [0.2, 0.25) is 0 Å². The average molecular weight is 320 g/mol. The zero-order valence-corrected chi connectivity index (χ0v) is 13.1. The van der Waals surface area contributed by atoms with Crippen LogP contribution in [-0.4, -0.2) is 16.5 Å². The standard InChI is InChI=1S/C15H18BrN3/c1-4-14-17-13(16)10-15(18-14)19(5-2)12-8-6-11(3)7-9-12/h6-10H,4-5H2,1-3H3. The van der Waals surface area contributed by atoms with E-state index in [1.807, 2.05) is 6.07 Å². The Hall–Kier alpha value is -1.42. The largest absolute Gasteiger partial charge is 0.327 e. The number of aryl methyl sites for hydroxylation is 2. The molecule has 0 atom stereocenters. The Labute approximate surface area is 122 Å². The molecule has 100 valence electrons. The van der Waals surface area contributed by atoms with Gasteiger partial charge in [0.25, 0.3) is 0 Å². The van der Waals surface area contributed by atoms with Gasteiger partial charge in [-0.3, -0.25) is 0 Å². The molecule has 1 aromatic heterocycles. The van der Waals surface area contributed by atoms with E-state index in [0.29, 0.717) is 0 Å². The van der Waals surface area contributed by atoms with Crippen LogP contribution in [0.2, 0.25) is 0 Å². The third-order valence-corrected chi connectivity index (χ3v) is 3.39. The maximum atomic E-state index is 4.61. The fourth-order valence-electron chi connectivity index (χ4n) is 1.95. The van der Waals surface area contributed by atoms with Gasteiger partial charge in [0.15, 0.2) is 0 Å². The maximum Gasteiger partial charge on any atom is 0.137 e. The molecule has 0 aliphatic carbocycles. The first-order valence-corrected chi connectivity index (χ1v) is 7.31. The summed E-state index contributed by atoms with van der Waals surface area (Å²) in [5.41, 5.74) is 2.42. The van der Waals surface area contributed by atoms with Crippen LogP contribution in [-0.2, 0) is 6.42 Å². The molecule has 0 amide bonds. The molecule has 0 aliphatic heterocycles. The molecule has 2 rings (SSSR count). The Bertz CT molecular complexity index is 552. The predicted molar refractivity (Wildman–Crippen MR) is 83.0 cm³/mol. The van der Waals surface area contributed by atoms with E-state index in [9.17, 15) is 0 Å². The van der Waals surface area contributed by atoms with Crippen molar-refractivity contribution in [3.05, 3.63) is 46.3 Å². The Morgan fingerprint density at radius 2 is 1.79 bits per heavy atom. The van der Waals surface area contributed by atoms with E-state index in [0.717, 1.165) is 34.9 Å².